The van der Waals surface area contributed by atoms with Gasteiger partial charge in [0, 0.05) is 31.2 Å². The Kier molecular flexibility index (Phi) is 5.83. The maximum atomic E-state index is 15.4. The number of carbonyl (C=O) groups is 2. The summed E-state index contributed by atoms with van der Waals surface area (Å²) in [5.74, 6) is -0.735. The van der Waals surface area contributed by atoms with Crippen molar-refractivity contribution in [3.05, 3.63) is 58.8 Å². The Hall–Kier alpha value is -3.12. The minimum Gasteiger partial charge on any atom is -0.455 e. The lowest BCUT2D eigenvalue weighted by Crippen LogP contribution is -2.50. The summed E-state index contributed by atoms with van der Waals surface area (Å²) in [4.78, 5) is 30.5. The molecule has 1 fully saturated rings. The second kappa shape index (κ2) is 8.55. The van der Waals surface area contributed by atoms with Crippen LogP contribution in [0.2, 0.25) is 0 Å². The van der Waals surface area contributed by atoms with Crippen molar-refractivity contribution in [2.24, 2.45) is 0 Å². The molecule has 31 heavy (non-hydrogen) atoms. The zero-order chi connectivity index (χ0) is 22.0. The van der Waals surface area contributed by atoms with Gasteiger partial charge in [-0.05, 0) is 30.5 Å². The molecule has 0 saturated carbocycles. The highest BCUT2D eigenvalue weighted by Gasteiger charge is 2.43. The Balaban J connectivity index is 1.39. The highest BCUT2D eigenvalue weighted by atomic mass is 32.2. The number of piperidine rings is 1. The summed E-state index contributed by atoms with van der Waals surface area (Å²) in [5, 5.41) is 9.46. The van der Waals surface area contributed by atoms with Gasteiger partial charge in [0.05, 0.1) is 16.8 Å². The van der Waals surface area contributed by atoms with Crippen molar-refractivity contribution < 1.29 is 18.7 Å². The number of nitriles is 1. The summed E-state index contributed by atoms with van der Waals surface area (Å²) >= 11 is 1.19. The number of fused-ring (bicyclic) bond motifs is 1. The number of nitrogens with zero attached hydrogens (tertiary/aromatic N) is 3. The molecule has 1 amide bonds. The van der Waals surface area contributed by atoms with Gasteiger partial charge in [0.2, 0.25) is 0 Å². The Labute approximate surface area is 183 Å². The van der Waals surface area contributed by atoms with Gasteiger partial charge in [-0.3, -0.25) is 9.52 Å². The standard InChI is InChI=1S/C22H21FN4O3S/c1-14(15-5-3-2-4-6-15)31-26-21(29)22(23)7-9-27(10-8-22)19-16(12-24)11-17-18(25-19)13-30-20(17)28/h2-6,11,14H,7-10,13H2,1H3,(H,26,29). The van der Waals surface area contributed by atoms with E-state index in [-0.39, 0.29) is 43.4 Å². The number of benzene rings is 1. The van der Waals surface area contributed by atoms with E-state index >= 15 is 4.39 Å². The summed E-state index contributed by atoms with van der Waals surface area (Å²) in [7, 11) is 0. The number of anilines is 1. The summed E-state index contributed by atoms with van der Waals surface area (Å²) < 4.78 is 23.0. The van der Waals surface area contributed by atoms with Gasteiger partial charge in [-0.15, -0.1) is 0 Å². The van der Waals surface area contributed by atoms with Crippen molar-refractivity contribution in [3.63, 3.8) is 0 Å². The van der Waals surface area contributed by atoms with Crippen LogP contribution < -0.4 is 9.62 Å². The van der Waals surface area contributed by atoms with Gasteiger partial charge in [-0.1, -0.05) is 30.3 Å². The van der Waals surface area contributed by atoms with E-state index in [1.54, 1.807) is 4.90 Å². The SMILES string of the molecule is CC(SNC(=O)C1(F)CCN(c2nc3c(cc2C#N)C(=O)OC3)CC1)c1ccccc1. The second-order valence-electron chi connectivity index (χ2n) is 7.60. The van der Waals surface area contributed by atoms with Gasteiger partial charge in [-0.25, -0.2) is 14.2 Å². The number of halogens is 1. The monoisotopic (exact) mass is 440 g/mol. The number of rotatable bonds is 5. The van der Waals surface area contributed by atoms with E-state index in [0.29, 0.717) is 17.1 Å². The van der Waals surface area contributed by atoms with Gasteiger partial charge in [0.25, 0.3) is 5.91 Å². The third-order valence-corrected chi connectivity index (χ3v) is 6.55. The molecule has 160 valence electrons. The number of hydrogen-bond donors (Lipinski definition) is 1. The lowest BCUT2D eigenvalue weighted by molar-refractivity contribution is -0.132. The minimum absolute atomic E-state index is 0.00688. The molecule has 1 saturated heterocycles. The van der Waals surface area contributed by atoms with E-state index in [1.165, 1.54) is 18.0 Å². The van der Waals surface area contributed by atoms with Crippen LogP contribution in [0.3, 0.4) is 0 Å². The van der Waals surface area contributed by atoms with Crippen LogP contribution in [0.5, 0.6) is 0 Å². The predicted octanol–water partition coefficient (Wildman–Crippen LogP) is 3.46. The molecule has 2 aliphatic heterocycles. The maximum absolute atomic E-state index is 15.4. The van der Waals surface area contributed by atoms with Gasteiger partial charge in [0.15, 0.2) is 5.67 Å². The molecule has 0 bridgehead atoms. The number of hydrogen-bond acceptors (Lipinski definition) is 7. The Morgan fingerprint density at radius 1 is 1.35 bits per heavy atom. The number of aromatic nitrogens is 1. The zero-order valence-electron chi connectivity index (χ0n) is 16.9. The van der Waals surface area contributed by atoms with Crippen LogP contribution in [0, 0.1) is 11.3 Å². The van der Waals surface area contributed by atoms with E-state index in [2.05, 4.69) is 9.71 Å². The minimum atomic E-state index is -1.98. The first kappa shape index (κ1) is 21.1. The van der Waals surface area contributed by atoms with Crippen molar-refractivity contribution in [1.29, 1.82) is 5.26 Å². The van der Waals surface area contributed by atoms with Gasteiger partial charge in [-0.2, -0.15) is 5.26 Å². The number of alkyl halides is 1. The fraction of sp³-hybridized carbons (Fsp3) is 0.364. The van der Waals surface area contributed by atoms with Crippen molar-refractivity contribution in [2.75, 3.05) is 18.0 Å². The third-order valence-electron chi connectivity index (χ3n) is 5.62. The predicted molar refractivity (Wildman–Crippen MR) is 114 cm³/mol. The normalized spacial score (nSPS) is 18.0. The summed E-state index contributed by atoms with van der Waals surface area (Å²) in [6, 6.07) is 13.2. The number of esters is 1. The molecule has 2 aromatic rings. The maximum Gasteiger partial charge on any atom is 0.340 e. The van der Waals surface area contributed by atoms with E-state index in [4.69, 9.17) is 4.74 Å². The van der Waals surface area contributed by atoms with Crippen LogP contribution in [-0.4, -0.2) is 35.6 Å². The van der Waals surface area contributed by atoms with E-state index in [1.807, 2.05) is 43.3 Å². The van der Waals surface area contributed by atoms with Crippen molar-refractivity contribution in [3.8, 4) is 6.07 Å². The highest BCUT2D eigenvalue weighted by molar-refractivity contribution is 7.98. The van der Waals surface area contributed by atoms with E-state index in [9.17, 15) is 14.9 Å². The summed E-state index contributed by atoms with van der Waals surface area (Å²) in [5.41, 5.74) is 0.0641. The second-order valence-corrected chi connectivity index (χ2v) is 8.74. The molecule has 7 nitrogen and oxygen atoms in total. The molecule has 4 rings (SSSR count). The molecule has 3 heterocycles. The number of nitrogens with one attached hydrogen (secondary N) is 1. The molecule has 2 aliphatic rings. The van der Waals surface area contributed by atoms with Gasteiger partial charge >= 0.3 is 5.97 Å². The fourth-order valence-corrected chi connectivity index (χ4v) is 4.45. The quantitative estimate of drug-likeness (QED) is 0.562. The Morgan fingerprint density at radius 2 is 2.06 bits per heavy atom. The van der Waals surface area contributed by atoms with Crippen molar-refractivity contribution in [2.45, 2.75) is 37.3 Å². The lowest BCUT2D eigenvalue weighted by Gasteiger charge is -2.36. The molecule has 1 N–H and O–H groups in total. The molecule has 0 radical (unpaired) electrons. The number of carbonyl (C=O) groups excluding carboxylic acids is 2. The lowest BCUT2D eigenvalue weighted by atomic mass is 9.92. The first-order valence-electron chi connectivity index (χ1n) is 9.97. The average Bonchev–Trinajstić information content (AvgIpc) is 3.17. The number of ether oxygens (including phenoxy) is 1. The Morgan fingerprint density at radius 3 is 2.74 bits per heavy atom. The fourth-order valence-electron chi connectivity index (χ4n) is 3.69. The first-order chi connectivity index (χ1) is 14.9. The molecule has 0 spiro atoms. The summed E-state index contributed by atoms with van der Waals surface area (Å²) in [6.07, 6.45) is -0.0314. The molecular weight excluding hydrogens is 419 g/mol. The number of cyclic esters (lactones) is 1. The third kappa shape index (κ3) is 4.21. The van der Waals surface area contributed by atoms with Crippen molar-refractivity contribution >= 4 is 29.6 Å². The largest absolute Gasteiger partial charge is 0.455 e. The Bertz CT molecular complexity index is 1050. The number of pyridine rings is 1. The highest BCUT2D eigenvalue weighted by Crippen LogP contribution is 2.34. The smallest absolute Gasteiger partial charge is 0.340 e. The van der Waals surface area contributed by atoms with Crippen LogP contribution in [0.1, 0.15) is 52.2 Å². The van der Waals surface area contributed by atoms with E-state index < -0.39 is 17.5 Å². The zero-order valence-corrected chi connectivity index (χ0v) is 17.7. The summed E-state index contributed by atoms with van der Waals surface area (Å²) in [6.45, 7) is 2.48. The molecule has 1 atom stereocenters. The first-order valence-corrected chi connectivity index (χ1v) is 10.9. The van der Waals surface area contributed by atoms with Crippen LogP contribution in [0.15, 0.2) is 36.4 Å². The molecule has 1 aromatic carbocycles. The van der Waals surface area contributed by atoms with Crippen molar-refractivity contribution in [1.82, 2.24) is 9.71 Å². The topological polar surface area (TPSA) is 95.3 Å². The molecule has 1 unspecified atom stereocenters. The van der Waals surface area contributed by atoms with Gasteiger partial charge < -0.3 is 9.64 Å². The van der Waals surface area contributed by atoms with Crippen LogP contribution >= 0.6 is 11.9 Å². The van der Waals surface area contributed by atoms with Crippen LogP contribution in [0.25, 0.3) is 0 Å². The molecule has 1 aromatic heterocycles. The van der Waals surface area contributed by atoms with E-state index in [0.717, 1.165) is 5.56 Å². The van der Waals surface area contributed by atoms with Crippen LogP contribution in [0.4, 0.5) is 10.2 Å². The van der Waals surface area contributed by atoms with Crippen LogP contribution in [-0.2, 0) is 16.1 Å². The average molecular weight is 441 g/mol. The number of amides is 1. The molecular formula is C22H21FN4O3S. The van der Waals surface area contributed by atoms with Gasteiger partial charge in [0.1, 0.15) is 18.5 Å². The molecule has 0 aliphatic carbocycles. The molecule has 9 heteroatoms.